The van der Waals surface area contributed by atoms with Crippen molar-refractivity contribution in [1.82, 2.24) is 10.3 Å². The number of amides is 1. The number of aryl methyl sites for hydroxylation is 1. The van der Waals surface area contributed by atoms with Crippen molar-refractivity contribution in [2.24, 2.45) is 5.92 Å². The van der Waals surface area contributed by atoms with Crippen LogP contribution in [0.3, 0.4) is 0 Å². The predicted molar refractivity (Wildman–Crippen MR) is 121 cm³/mol. The molecule has 0 atom stereocenters. The highest BCUT2D eigenvalue weighted by atomic mass is 16.5. The summed E-state index contributed by atoms with van der Waals surface area (Å²) in [5, 5.41) is 3.70. The highest BCUT2D eigenvalue weighted by Crippen LogP contribution is 2.34. The van der Waals surface area contributed by atoms with E-state index in [9.17, 15) is 9.59 Å². The van der Waals surface area contributed by atoms with E-state index in [4.69, 9.17) is 15.2 Å². The van der Waals surface area contributed by atoms with Gasteiger partial charge in [0.05, 0.1) is 34.4 Å². The monoisotopic (exact) mass is 427 g/mol. The van der Waals surface area contributed by atoms with E-state index in [1.807, 2.05) is 26.0 Å². The molecule has 1 aromatic carbocycles. The number of nitrogens with two attached hydrogens (primary N) is 1. The zero-order valence-electron chi connectivity index (χ0n) is 18.9. The Hall–Kier alpha value is -2.83. The molecule has 31 heavy (non-hydrogen) atoms. The highest BCUT2D eigenvalue weighted by Gasteiger charge is 2.28. The zero-order valence-corrected chi connectivity index (χ0v) is 18.9. The number of pyridine rings is 1. The van der Waals surface area contributed by atoms with Crippen molar-refractivity contribution in [2.45, 2.75) is 65.3 Å². The number of aromatic nitrogens is 1. The second kappa shape index (κ2) is 9.54. The van der Waals surface area contributed by atoms with Crippen LogP contribution in [0.5, 0.6) is 5.75 Å². The smallest absolute Gasteiger partial charge is 0.342 e. The third kappa shape index (κ3) is 5.27. The molecule has 7 nitrogen and oxygen atoms in total. The summed E-state index contributed by atoms with van der Waals surface area (Å²) in [4.78, 5) is 29.6. The van der Waals surface area contributed by atoms with Crippen molar-refractivity contribution < 1.29 is 19.1 Å². The number of nitrogen functional groups attached to an aromatic ring is 1. The lowest BCUT2D eigenvalue weighted by Crippen LogP contribution is -2.50. The van der Waals surface area contributed by atoms with Gasteiger partial charge in [0.1, 0.15) is 17.9 Å². The van der Waals surface area contributed by atoms with Crippen molar-refractivity contribution in [1.29, 1.82) is 0 Å². The van der Waals surface area contributed by atoms with Crippen LogP contribution >= 0.6 is 0 Å². The number of benzene rings is 1. The third-order valence-electron chi connectivity index (χ3n) is 5.70. The van der Waals surface area contributed by atoms with Gasteiger partial charge in [-0.15, -0.1) is 0 Å². The number of fused-ring (bicyclic) bond motifs is 1. The first-order chi connectivity index (χ1) is 14.7. The number of hydrogen-bond donors (Lipinski definition) is 2. The van der Waals surface area contributed by atoms with E-state index in [-0.39, 0.29) is 30.6 Å². The van der Waals surface area contributed by atoms with Crippen molar-refractivity contribution >= 4 is 28.5 Å². The number of anilines is 1. The molecule has 168 valence electrons. The van der Waals surface area contributed by atoms with Gasteiger partial charge in [-0.1, -0.05) is 25.3 Å². The van der Waals surface area contributed by atoms with Crippen LogP contribution in [-0.4, -0.2) is 35.6 Å². The average molecular weight is 428 g/mol. The van der Waals surface area contributed by atoms with E-state index in [1.165, 1.54) is 6.42 Å². The summed E-state index contributed by atoms with van der Waals surface area (Å²) in [6.45, 7) is 7.87. The van der Waals surface area contributed by atoms with Crippen molar-refractivity contribution in [3.05, 3.63) is 29.5 Å². The zero-order chi connectivity index (χ0) is 22.6. The van der Waals surface area contributed by atoms with Crippen molar-refractivity contribution in [2.75, 3.05) is 18.9 Å². The first kappa shape index (κ1) is 22.8. The van der Waals surface area contributed by atoms with Gasteiger partial charge in [-0.05, 0) is 52.7 Å². The Kier molecular flexibility index (Phi) is 7.03. The molecular weight excluding hydrogens is 394 g/mol. The van der Waals surface area contributed by atoms with Crippen molar-refractivity contribution in [3.63, 3.8) is 0 Å². The maximum Gasteiger partial charge on any atom is 0.342 e. The fourth-order valence-corrected chi connectivity index (χ4v) is 4.12. The molecule has 1 aliphatic carbocycles. The third-order valence-corrected chi connectivity index (χ3v) is 5.70. The molecule has 3 rings (SSSR count). The molecule has 1 fully saturated rings. The molecular formula is C24H33N3O4. The van der Waals surface area contributed by atoms with Gasteiger partial charge in [0.15, 0.2) is 0 Å². The maximum absolute atomic E-state index is 12.7. The van der Waals surface area contributed by atoms with Crippen LogP contribution in [0.25, 0.3) is 10.9 Å². The van der Waals surface area contributed by atoms with Crippen LogP contribution in [0, 0.1) is 12.8 Å². The Labute approximate surface area is 183 Å². The maximum atomic E-state index is 12.7. The van der Waals surface area contributed by atoms with Crippen molar-refractivity contribution in [3.8, 4) is 5.75 Å². The largest absolute Gasteiger partial charge is 0.490 e. The van der Waals surface area contributed by atoms with Gasteiger partial charge in [0.25, 0.3) is 0 Å². The fraction of sp³-hybridized carbons (Fsp3) is 0.542. The molecule has 0 unspecified atom stereocenters. The Balaban J connectivity index is 1.81. The number of esters is 1. The SMILES string of the molecule is CCOC(=O)c1c(C)nc2cccc(OCC(C)(C)NC(=O)C3CCCCC3)c2c1N. The minimum Gasteiger partial charge on any atom is -0.490 e. The number of rotatable bonds is 7. The van der Waals surface area contributed by atoms with Gasteiger partial charge in [-0.3, -0.25) is 9.78 Å². The molecule has 0 saturated heterocycles. The number of carbonyl (C=O) groups excluding carboxylic acids is 2. The predicted octanol–water partition coefficient (Wildman–Crippen LogP) is 4.16. The average Bonchev–Trinajstić information content (AvgIpc) is 2.72. The Morgan fingerprint density at radius 3 is 2.61 bits per heavy atom. The van der Waals surface area contributed by atoms with E-state index >= 15 is 0 Å². The summed E-state index contributed by atoms with van der Waals surface area (Å²) < 4.78 is 11.2. The molecule has 0 aliphatic heterocycles. The van der Waals surface area contributed by atoms with Gasteiger partial charge < -0.3 is 20.5 Å². The molecule has 0 radical (unpaired) electrons. The van der Waals surface area contributed by atoms with E-state index in [2.05, 4.69) is 10.3 Å². The number of nitrogens with one attached hydrogen (secondary N) is 1. The molecule has 3 N–H and O–H groups in total. The summed E-state index contributed by atoms with van der Waals surface area (Å²) in [7, 11) is 0. The lowest BCUT2D eigenvalue weighted by Gasteiger charge is -2.30. The Morgan fingerprint density at radius 1 is 1.23 bits per heavy atom. The molecule has 1 aliphatic rings. The minimum atomic E-state index is -0.562. The molecule has 1 amide bonds. The van der Waals surface area contributed by atoms with Crippen LogP contribution < -0.4 is 15.8 Å². The summed E-state index contributed by atoms with van der Waals surface area (Å²) in [5.74, 6) is 0.197. The summed E-state index contributed by atoms with van der Waals surface area (Å²) >= 11 is 0. The molecule has 1 saturated carbocycles. The molecule has 7 heteroatoms. The number of ether oxygens (including phenoxy) is 2. The van der Waals surface area contributed by atoms with Gasteiger partial charge in [-0.25, -0.2) is 4.79 Å². The van der Waals surface area contributed by atoms with Gasteiger partial charge in [-0.2, -0.15) is 0 Å². The van der Waals surface area contributed by atoms with Crippen LogP contribution in [0.4, 0.5) is 5.69 Å². The van der Waals surface area contributed by atoms with Gasteiger partial charge >= 0.3 is 5.97 Å². The quantitative estimate of drug-likeness (QED) is 0.643. The summed E-state index contributed by atoms with van der Waals surface area (Å²) in [5.41, 5.74) is 7.53. The van der Waals surface area contributed by atoms with Crippen LogP contribution in [-0.2, 0) is 9.53 Å². The first-order valence-electron chi connectivity index (χ1n) is 11.0. The molecule has 0 spiro atoms. The van der Waals surface area contributed by atoms with Crippen LogP contribution in [0.1, 0.15) is 68.9 Å². The summed E-state index contributed by atoms with van der Waals surface area (Å²) in [6, 6.07) is 5.46. The number of carbonyl (C=O) groups is 2. The lowest BCUT2D eigenvalue weighted by atomic mass is 9.88. The first-order valence-corrected chi connectivity index (χ1v) is 11.0. The topological polar surface area (TPSA) is 104 Å². The summed E-state index contributed by atoms with van der Waals surface area (Å²) in [6.07, 6.45) is 5.33. The lowest BCUT2D eigenvalue weighted by molar-refractivity contribution is -0.127. The van der Waals surface area contributed by atoms with Crippen LogP contribution in [0.2, 0.25) is 0 Å². The van der Waals surface area contributed by atoms with Crippen LogP contribution in [0.15, 0.2) is 18.2 Å². The second-order valence-corrected chi connectivity index (χ2v) is 8.85. The van der Waals surface area contributed by atoms with E-state index in [0.29, 0.717) is 28.0 Å². The van der Waals surface area contributed by atoms with Gasteiger partial charge in [0, 0.05) is 5.92 Å². The van der Waals surface area contributed by atoms with E-state index in [1.54, 1.807) is 19.9 Å². The second-order valence-electron chi connectivity index (χ2n) is 8.85. The van der Waals surface area contributed by atoms with E-state index in [0.717, 1.165) is 25.7 Å². The van der Waals surface area contributed by atoms with E-state index < -0.39 is 11.5 Å². The number of hydrogen-bond acceptors (Lipinski definition) is 6. The van der Waals surface area contributed by atoms with Gasteiger partial charge in [0.2, 0.25) is 5.91 Å². The highest BCUT2D eigenvalue weighted by molar-refractivity contribution is 6.07. The normalized spacial score (nSPS) is 15.0. The Morgan fingerprint density at radius 2 is 1.94 bits per heavy atom. The standard InChI is InChI=1S/C24H33N3O4/c1-5-30-23(29)19-15(2)26-17-12-9-13-18(20(17)21(19)25)31-14-24(3,4)27-22(28)16-10-7-6-8-11-16/h9,12-13,16H,5-8,10-11,14H2,1-4H3,(H2,25,26)(H,27,28). The molecule has 0 bridgehead atoms. The Bertz CT molecular complexity index is 965. The molecule has 1 aromatic heterocycles. The minimum absolute atomic E-state index is 0.0838. The fourth-order valence-electron chi connectivity index (χ4n) is 4.12. The number of nitrogens with zero attached hydrogens (tertiary/aromatic N) is 1. The molecule has 2 aromatic rings. The molecule has 1 heterocycles.